The predicted molar refractivity (Wildman–Crippen MR) is 76.4 cm³/mol. The van der Waals surface area contributed by atoms with Crippen molar-refractivity contribution in [2.24, 2.45) is 0 Å². The zero-order valence-electron chi connectivity index (χ0n) is 11.5. The minimum atomic E-state index is -0.794. The summed E-state index contributed by atoms with van der Waals surface area (Å²) < 4.78 is 13.1. The van der Waals surface area contributed by atoms with Crippen LogP contribution in [-0.4, -0.2) is 28.6 Å². The van der Waals surface area contributed by atoms with E-state index in [0.29, 0.717) is 11.4 Å². The normalized spacial score (nSPS) is 22.2. The molecule has 1 aliphatic rings. The second-order valence-corrected chi connectivity index (χ2v) is 5.69. The molecule has 1 heterocycles. The van der Waals surface area contributed by atoms with Crippen LogP contribution in [0, 0.1) is 5.82 Å². The number of carbonyl (C=O) groups is 1. The Hall–Kier alpha value is -1.13. The van der Waals surface area contributed by atoms with Crippen LogP contribution in [0.5, 0.6) is 0 Å². The summed E-state index contributed by atoms with van der Waals surface area (Å²) in [5.41, 5.74) is 0.779. The van der Waals surface area contributed by atoms with Crippen LogP contribution in [-0.2, 0) is 4.79 Å². The third-order valence-electron chi connectivity index (χ3n) is 3.99. The van der Waals surface area contributed by atoms with Crippen molar-refractivity contribution < 1.29 is 14.3 Å². The largest absolute Gasteiger partial charge is 0.480 e. The van der Waals surface area contributed by atoms with Gasteiger partial charge in [-0.1, -0.05) is 30.5 Å². The lowest BCUT2D eigenvalue weighted by atomic mass is 10.0. The zero-order valence-corrected chi connectivity index (χ0v) is 12.2. The van der Waals surface area contributed by atoms with Crippen LogP contribution >= 0.6 is 11.6 Å². The minimum absolute atomic E-state index is 0.137. The Morgan fingerprint density at radius 1 is 1.45 bits per heavy atom. The zero-order chi connectivity index (χ0) is 14.7. The standard InChI is InChI=1S/C15H19ClFNO2/c1-10(12-7-6-11(17)9-13(12)16)18-8-4-2-3-5-14(18)15(19)20/h6-7,9-10,14H,2-5,8H2,1H3,(H,19,20). The summed E-state index contributed by atoms with van der Waals surface area (Å²) in [6.07, 6.45) is 3.60. The number of carboxylic acid groups (broad SMARTS) is 1. The summed E-state index contributed by atoms with van der Waals surface area (Å²) in [5, 5.41) is 9.76. The van der Waals surface area contributed by atoms with Gasteiger partial charge in [0.05, 0.1) is 0 Å². The van der Waals surface area contributed by atoms with E-state index in [1.54, 1.807) is 6.07 Å². The van der Waals surface area contributed by atoms with Gasteiger partial charge in [0, 0.05) is 11.1 Å². The second-order valence-electron chi connectivity index (χ2n) is 5.28. The van der Waals surface area contributed by atoms with Crippen molar-refractivity contribution in [3.8, 4) is 0 Å². The molecule has 1 N–H and O–H groups in total. The average molecular weight is 300 g/mol. The van der Waals surface area contributed by atoms with Crippen LogP contribution in [0.1, 0.15) is 44.2 Å². The van der Waals surface area contributed by atoms with Crippen molar-refractivity contribution in [1.82, 2.24) is 4.90 Å². The van der Waals surface area contributed by atoms with E-state index in [1.165, 1.54) is 12.1 Å². The van der Waals surface area contributed by atoms with Gasteiger partial charge in [0.25, 0.3) is 0 Å². The fraction of sp³-hybridized carbons (Fsp3) is 0.533. The van der Waals surface area contributed by atoms with Gasteiger partial charge in [-0.3, -0.25) is 9.69 Å². The van der Waals surface area contributed by atoms with Gasteiger partial charge in [0.15, 0.2) is 0 Å². The maximum atomic E-state index is 13.1. The predicted octanol–water partition coefficient (Wildman–Crippen LogP) is 3.87. The van der Waals surface area contributed by atoms with Crippen molar-refractivity contribution in [3.63, 3.8) is 0 Å². The van der Waals surface area contributed by atoms with Gasteiger partial charge in [-0.25, -0.2) is 4.39 Å². The molecule has 1 aromatic rings. The SMILES string of the molecule is CC(c1ccc(F)cc1Cl)N1CCCCCC1C(=O)O. The Morgan fingerprint density at radius 2 is 2.20 bits per heavy atom. The van der Waals surface area contributed by atoms with Gasteiger partial charge in [-0.15, -0.1) is 0 Å². The molecule has 0 aromatic heterocycles. The Bertz CT molecular complexity index is 495. The number of nitrogens with zero attached hydrogens (tertiary/aromatic N) is 1. The fourth-order valence-corrected chi connectivity index (χ4v) is 3.20. The van der Waals surface area contributed by atoms with Crippen LogP contribution in [0.3, 0.4) is 0 Å². The van der Waals surface area contributed by atoms with Gasteiger partial charge >= 0.3 is 5.97 Å². The van der Waals surface area contributed by atoms with Crippen molar-refractivity contribution >= 4 is 17.6 Å². The second kappa shape index (κ2) is 6.55. The average Bonchev–Trinajstić information content (AvgIpc) is 2.63. The lowest BCUT2D eigenvalue weighted by Gasteiger charge is -2.33. The molecule has 0 aliphatic carbocycles. The quantitative estimate of drug-likeness (QED) is 0.921. The highest BCUT2D eigenvalue weighted by Crippen LogP contribution is 2.32. The van der Waals surface area contributed by atoms with Crippen molar-refractivity contribution in [1.29, 1.82) is 0 Å². The van der Waals surface area contributed by atoms with E-state index in [9.17, 15) is 14.3 Å². The molecule has 2 atom stereocenters. The first kappa shape index (κ1) is 15.3. The summed E-state index contributed by atoms with van der Waals surface area (Å²) in [4.78, 5) is 13.4. The molecule has 1 aromatic carbocycles. The maximum absolute atomic E-state index is 13.1. The molecule has 2 rings (SSSR count). The summed E-state index contributed by atoms with van der Waals surface area (Å²) in [5.74, 6) is -1.17. The first-order valence-electron chi connectivity index (χ1n) is 6.94. The fourth-order valence-electron chi connectivity index (χ4n) is 2.88. The molecule has 20 heavy (non-hydrogen) atoms. The van der Waals surface area contributed by atoms with Crippen molar-refractivity contribution in [2.75, 3.05) is 6.54 Å². The molecule has 1 saturated heterocycles. The molecule has 1 fully saturated rings. The highest BCUT2D eigenvalue weighted by Gasteiger charge is 2.31. The number of likely N-dealkylation sites (tertiary alicyclic amines) is 1. The van der Waals surface area contributed by atoms with E-state index in [-0.39, 0.29) is 11.9 Å². The van der Waals surface area contributed by atoms with E-state index < -0.39 is 12.0 Å². The van der Waals surface area contributed by atoms with Gasteiger partial charge in [0.1, 0.15) is 11.9 Å². The van der Waals surface area contributed by atoms with E-state index in [1.807, 2.05) is 11.8 Å². The third-order valence-corrected chi connectivity index (χ3v) is 4.32. The van der Waals surface area contributed by atoms with Crippen LogP contribution < -0.4 is 0 Å². The van der Waals surface area contributed by atoms with E-state index in [2.05, 4.69) is 0 Å². The lowest BCUT2D eigenvalue weighted by molar-refractivity contribution is -0.144. The molecular formula is C15H19ClFNO2. The molecule has 0 amide bonds. The summed E-state index contributed by atoms with van der Waals surface area (Å²) in [7, 11) is 0. The number of halogens is 2. The minimum Gasteiger partial charge on any atom is -0.480 e. The van der Waals surface area contributed by atoms with Crippen molar-refractivity contribution in [2.45, 2.75) is 44.7 Å². The smallest absolute Gasteiger partial charge is 0.320 e. The van der Waals surface area contributed by atoms with E-state index in [0.717, 1.165) is 31.4 Å². The van der Waals surface area contributed by atoms with Gasteiger partial charge in [-0.05, 0) is 44.0 Å². The highest BCUT2D eigenvalue weighted by atomic mass is 35.5. The Morgan fingerprint density at radius 3 is 2.85 bits per heavy atom. The number of rotatable bonds is 3. The first-order valence-corrected chi connectivity index (χ1v) is 7.32. The Kier molecular flexibility index (Phi) is 5.00. The summed E-state index contributed by atoms with van der Waals surface area (Å²) in [6, 6.07) is 3.66. The third kappa shape index (κ3) is 3.30. The number of hydrogen-bond acceptors (Lipinski definition) is 2. The number of benzene rings is 1. The first-order chi connectivity index (χ1) is 9.50. The number of carboxylic acids is 1. The summed E-state index contributed by atoms with van der Waals surface area (Å²) >= 11 is 6.10. The topological polar surface area (TPSA) is 40.5 Å². The molecule has 0 saturated carbocycles. The molecule has 1 aliphatic heterocycles. The molecule has 0 radical (unpaired) electrons. The lowest BCUT2D eigenvalue weighted by Crippen LogP contribution is -2.42. The summed E-state index contributed by atoms with van der Waals surface area (Å²) in [6.45, 7) is 2.66. The number of aliphatic carboxylic acids is 1. The Balaban J connectivity index is 2.28. The van der Waals surface area contributed by atoms with Crippen LogP contribution in [0.25, 0.3) is 0 Å². The van der Waals surface area contributed by atoms with Gasteiger partial charge in [0.2, 0.25) is 0 Å². The van der Waals surface area contributed by atoms with Crippen LogP contribution in [0.2, 0.25) is 5.02 Å². The molecule has 5 heteroatoms. The van der Waals surface area contributed by atoms with Crippen molar-refractivity contribution in [3.05, 3.63) is 34.6 Å². The monoisotopic (exact) mass is 299 g/mol. The molecule has 110 valence electrons. The van der Waals surface area contributed by atoms with E-state index >= 15 is 0 Å². The van der Waals surface area contributed by atoms with Crippen LogP contribution in [0.15, 0.2) is 18.2 Å². The molecule has 0 bridgehead atoms. The molecule has 3 nitrogen and oxygen atoms in total. The van der Waals surface area contributed by atoms with Crippen LogP contribution in [0.4, 0.5) is 4.39 Å². The highest BCUT2D eigenvalue weighted by molar-refractivity contribution is 6.31. The molecule has 2 unspecified atom stereocenters. The van der Waals surface area contributed by atoms with E-state index in [4.69, 9.17) is 11.6 Å². The number of hydrogen-bond donors (Lipinski definition) is 1. The Labute approximate surface area is 123 Å². The maximum Gasteiger partial charge on any atom is 0.320 e. The van der Waals surface area contributed by atoms with Gasteiger partial charge in [-0.2, -0.15) is 0 Å². The molecule has 0 spiro atoms. The van der Waals surface area contributed by atoms with Gasteiger partial charge < -0.3 is 5.11 Å². The molecular weight excluding hydrogens is 281 g/mol.